The Bertz CT molecular complexity index is 856. The first-order valence-corrected chi connectivity index (χ1v) is 10.5. The molecular weight excluding hydrogens is 451 g/mol. The van der Waals surface area contributed by atoms with Crippen LogP contribution in [0.1, 0.15) is 15.9 Å². The summed E-state index contributed by atoms with van der Waals surface area (Å²) in [5.41, 5.74) is 1.65. The molecule has 0 bridgehead atoms. The summed E-state index contributed by atoms with van der Waals surface area (Å²) in [6.07, 6.45) is 0. The van der Waals surface area contributed by atoms with Gasteiger partial charge in [-0.05, 0) is 65.9 Å². The highest BCUT2D eigenvalue weighted by Gasteiger charge is 2.30. The lowest BCUT2D eigenvalue weighted by atomic mass is 10.2. The molecule has 0 spiro atoms. The minimum absolute atomic E-state index is 0.0521. The Morgan fingerprint density at radius 3 is 2.04 bits per heavy atom. The Morgan fingerprint density at radius 1 is 0.920 bits per heavy atom. The molecule has 132 valence electrons. The van der Waals surface area contributed by atoms with Gasteiger partial charge in [-0.2, -0.15) is 4.31 Å². The van der Waals surface area contributed by atoms with Gasteiger partial charge >= 0.3 is 0 Å². The first-order chi connectivity index (χ1) is 11.9. The zero-order chi connectivity index (χ0) is 18.0. The van der Waals surface area contributed by atoms with Gasteiger partial charge in [0.15, 0.2) is 0 Å². The quantitative estimate of drug-likeness (QED) is 0.649. The van der Waals surface area contributed by atoms with Gasteiger partial charge in [0, 0.05) is 35.3 Å². The molecule has 1 fully saturated rings. The molecule has 3 rings (SSSR count). The van der Waals surface area contributed by atoms with E-state index in [-0.39, 0.29) is 5.91 Å². The van der Waals surface area contributed by atoms with Crippen LogP contribution in [0.2, 0.25) is 0 Å². The largest absolute Gasteiger partial charge is 0.336 e. The van der Waals surface area contributed by atoms with Crippen LogP contribution in [0.15, 0.2) is 53.4 Å². The van der Waals surface area contributed by atoms with E-state index in [1.807, 2.05) is 19.1 Å². The van der Waals surface area contributed by atoms with Crippen LogP contribution in [0.3, 0.4) is 0 Å². The molecule has 1 aliphatic heterocycles. The topological polar surface area (TPSA) is 57.7 Å². The Morgan fingerprint density at radius 2 is 1.48 bits per heavy atom. The molecule has 1 amide bonds. The molecule has 2 aromatic carbocycles. The van der Waals surface area contributed by atoms with Crippen LogP contribution >= 0.6 is 22.6 Å². The van der Waals surface area contributed by atoms with Gasteiger partial charge in [0.25, 0.3) is 5.91 Å². The fourth-order valence-corrected chi connectivity index (χ4v) is 4.55. The van der Waals surface area contributed by atoms with Gasteiger partial charge in [-0.25, -0.2) is 8.42 Å². The Labute approximate surface area is 161 Å². The number of rotatable bonds is 3. The molecule has 0 N–H and O–H groups in total. The first-order valence-electron chi connectivity index (χ1n) is 7.99. The number of aryl methyl sites for hydroxylation is 1. The highest BCUT2D eigenvalue weighted by atomic mass is 127. The lowest BCUT2D eigenvalue weighted by Gasteiger charge is -2.34. The average molecular weight is 470 g/mol. The molecule has 5 nitrogen and oxygen atoms in total. The fourth-order valence-electron chi connectivity index (χ4n) is 2.77. The molecule has 0 aliphatic carbocycles. The fraction of sp³-hybridized carbons (Fsp3) is 0.278. The highest BCUT2D eigenvalue weighted by molar-refractivity contribution is 14.1. The lowest BCUT2D eigenvalue weighted by molar-refractivity contribution is 0.0698. The highest BCUT2D eigenvalue weighted by Crippen LogP contribution is 2.19. The number of carbonyl (C=O) groups is 1. The lowest BCUT2D eigenvalue weighted by Crippen LogP contribution is -2.50. The van der Waals surface area contributed by atoms with Crippen LogP contribution in [0.4, 0.5) is 0 Å². The number of carbonyl (C=O) groups excluding carboxylic acids is 1. The summed E-state index contributed by atoms with van der Waals surface area (Å²) in [4.78, 5) is 14.5. The summed E-state index contributed by atoms with van der Waals surface area (Å²) >= 11 is 2.19. The smallest absolute Gasteiger partial charge is 0.253 e. The van der Waals surface area contributed by atoms with Crippen molar-refractivity contribution >= 4 is 38.5 Å². The molecule has 1 aliphatic rings. The van der Waals surface area contributed by atoms with Gasteiger partial charge in [0.2, 0.25) is 10.0 Å². The number of amides is 1. The molecule has 1 saturated heterocycles. The minimum atomic E-state index is -3.50. The number of benzene rings is 2. The van der Waals surface area contributed by atoms with E-state index in [0.717, 1.165) is 9.13 Å². The number of nitrogens with zero attached hydrogens (tertiary/aromatic N) is 2. The van der Waals surface area contributed by atoms with E-state index in [0.29, 0.717) is 36.6 Å². The molecule has 0 atom stereocenters. The van der Waals surface area contributed by atoms with Gasteiger partial charge in [-0.1, -0.05) is 17.7 Å². The van der Waals surface area contributed by atoms with Crippen LogP contribution in [0.5, 0.6) is 0 Å². The van der Waals surface area contributed by atoms with Gasteiger partial charge in [-0.3, -0.25) is 4.79 Å². The summed E-state index contributed by atoms with van der Waals surface area (Å²) in [5.74, 6) is -0.0521. The maximum atomic E-state index is 12.7. The van der Waals surface area contributed by atoms with E-state index in [1.165, 1.54) is 4.31 Å². The first kappa shape index (κ1) is 18.3. The van der Waals surface area contributed by atoms with E-state index in [9.17, 15) is 13.2 Å². The second-order valence-electron chi connectivity index (χ2n) is 6.02. The monoisotopic (exact) mass is 470 g/mol. The van der Waals surface area contributed by atoms with Crippen LogP contribution in [-0.4, -0.2) is 49.7 Å². The van der Waals surface area contributed by atoms with Crippen molar-refractivity contribution < 1.29 is 13.2 Å². The molecule has 2 aromatic rings. The summed E-state index contributed by atoms with van der Waals surface area (Å²) in [5, 5.41) is 0. The summed E-state index contributed by atoms with van der Waals surface area (Å²) < 4.78 is 27.9. The third-order valence-electron chi connectivity index (χ3n) is 4.28. The molecule has 7 heteroatoms. The van der Waals surface area contributed by atoms with Crippen LogP contribution in [0.25, 0.3) is 0 Å². The number of piperazine rings is 1. The average Bonchev–Trinajstić information content (AvgIpc) is 2.62. The van der Waals surface area contributed by atoms with E-state index >= 15 is 0 Å². The third kappa shape index (κ3) is 4.04. The summed E-state index contributed by atoms with van der Waals surface area (Å²) in [7, 11) is -3.50. The molecule has 1 heterocycles. The standard InChI is InChI=1S/C18H19IN2O3S/c1-14-2-8-17(9-3-14)25(23,24)21-12-10-20(11-13-21)18(22)15-4-6-16(19)7-5-15/h2-9H,10-13H2,1H3. The minimum Gasteiger partial charge on any atom is -0.336 e. The van der Waals surface area contributed by atoms with Crippen molar-refractivity contribution in [3.63, 3.8) is 0 Å². The van der Waals surface area contributed by atoms with E-state index in [4.69, 9.17) is 0 Å². The van der Waals surface area contributed by atoms with Crippen molar-refractivity contribution in [2.45, 2.75) is 11.8 Å². The van der Waals surface area contributed by atoms with Crippen LogP contribution in [-0.2, 0) is 10.0 Å². The molecule has 0 saturated carbocycles. The number of hydrogen-bond acceptors (Lipinski definition) is 3. The SMILES string of the molecule is Cc1ccc(S(=O)(=O)N2CCN(C(=O)c3ccc(I)cc3)CC2)cc1. The van der Waals surface area contributed by atoms with Gasteiger partial charge in [0.1, 0.15) is 0 Å². The summed E-state index contributed by atoms with van der Waals surface area (Å²) in [6, 6.07) is 14.3. The summed E-state index contributed by atoms with van der Waals surface area (Å²) in [6.45, 7) is 3.34. The van der Waals surface area contributed by atoms with Crippen molar-refractivity contribution in [2.24, 2.45) is 0 Å². The Balaban J connectivity index is 1.68. The number of hydrogen-bond donors (Lipinski definition) is 0. The zero-order valence-electron chi connectivity index (χ0n) is 13.9. The van der Waals surface area contributed by atoms with Gasteiger partial charge in [-0.15, -0.1) is 0 Å². The van der Waals surface area contributed by atoms with Crippen LogP contribution in [0, 0.1) is 10.5 Å². The maximum Gasteiger partial charge on any atom is 0.253 e. The maximum absolute atomic E-state index is 12.7. The van der Waals surface area contributed by atoms with Crippen LogP contribution < -0.4 is 0 Å². The van der Waals surface area contributed by atoms with Crippen molar-refractivity contribution in [1.82, 2.24) is 9.21 Å². The second kappa shape index (κ2) is 7.43. The number of sulfonamides is 1. The normalized spacial score (nSPS) is 16.0. The van der Waals surface area contributed by atoms with Gasteiger partial charge in [0.05, 0.1) is 4.90 Å². The molecular formula is C18H19IN2O3S. The van der Waals surface area contributed by atoms with Crippen molar-refractivity contribution in [3.05, 3.63) is 63.2 Å². The van der Waals surface area contributed by atoms with Crippen molar-refractivity contribution in [2.75, 3.05) is 26.2 Å². The number of halogens is 1. The molecule has 0 radical (unpaired) electrons. The van der Waals surface area contributed by atoms with Crippen molar-refractivity contribution in [1.29, 1.82) is 0 Å². The Kier molecular flexibility index (Phi) is 5.45. The second-order valence-corrected chi connectivity index (χ2v) is 9.20. The van der Waals surface area contributed by atoms with E-state index in [2.05, 4.69) is 22.6 Å². The predicted octanol–water partition coefficient (Wildman–Crippen LogP) is 2.75. The van der Waals surface area contributed by atoms with Crippen molar-refractivity contribution in [3.8, 4) is 0 Å². The zero-order valence-corrected chi connectivity index (χ0v) is 16.8. The van der Waals surface area contributed by atoms with Gasteiger partial charge < -0.3 is 4.90 Å². The van der Waals surface area contributed by atoms with E-state index < -0.39 is 10.0 Å². The molecule has 25 heavy (non-hydrogen) atoms. The predicted molar refractivity (Wildman–Crippen MR) is 105 cm³/mol. The molecule has 0 unspecified atom stereocenters. The third-order valence-corrected chi connectivity index (χ3v) is 6.91. The Hall–Kier alpha value is -1.45. The molecule has 0 aromatic heterocycles. The van der Waals surface area contributed by atoms with E-state index in [1.54, 1.807) is 41.3 Å².